The molecule has 0 amide bonds. The summed E-state index contributed by atoms with van der Waals surface area (Å²) < 4.78 is 38.8. The number of nitrogens with one attached hydrogen (secondary N) is 1. The summed E-state index contributed by atoms with van der Waals surface area (Å²) in [4.78, 5) is 0. The van der Waals surface area contributed by atoms with Crippen molar-refractivity contribution < 1.29 is 13.2 Å². The van der Waals surface area contributed by atoms with Crippen molar-refractivity contribution >= 4 is 0 Å². The molecule has 0 heterocycles. The quantitative estimate of drug-likeness (QED) is 0.350. The molecule has 0 saturated heterocycles. The molecule has 0 unspecified atom stereocenters. The van der Waals surface area contributed by atoms with Crippen LogP contribution in [0.1, 0.15) is 40.5 Å². The molecule has 0 rings (SSSR count). The fraction of sp³-hybridized carbons (Fsp3) is 0.556. The zero-order valence-electron chi connectivity index (χ0n) is 14.1. The molecule has 0 spiro atoms. The molecule has 0 aromatic rings. The van der Waals surface area contributed by atoms with E-state index in [1.807, 2.05) is 12.2 Å². The summed E-state index contributed by atoms with van der Waals surface area (Å²) in [5.41, 5.74) is -0.150. The van der Waals surface area contributed by atoms with Crippen molar-refractivity contribution in [1.29, 1.82) is 0 Å². The maximum atomic E-state index is 12.9. The molecule has 1 N–H and O–H groups in total. The highest BCUT2D eigenvalue weighted by Gasteiger charge is 2.33. The van der Waals surface area contributed by atoms with Crippen LogP contribution >= 0.6 is 0 Å². The highest BCUT2D eigenvalue weighted by molar-refractivity contribution is 5.35. The molecule has 0 aliphatic heterocycles. The number of hydrogen-bond acceptors (Lipinski definition) is 1. The molecular weight excluding hydrogens is 287 g/mol. The predicted molar refractivity (Wildman–Crippen MR) is 88.8 cm³/mol. The van der Waals surface area contributed by atoms with Crippen LogP contribution in [0.25, 0.3) is 0 Å². The maximum absolute atomic E-state index is 12.9. The number of allylic oxidation sites excluding steroid dienone is 6. The van der Waals surface area contributed by atoms with Crippen LogP contribution in [0, 0.1) is 5.41 Å². The smallest absolute Gasteiger partial charge is 0.313 e. The fourth-order valence-electron chi connectivity index (χ4n) is 1.87. The zero-order chi connectivity index (χ0) is 17.2. The van der Waals surface area contributed by atoms with Gasteiger partial charge in [-0.3, -0.25) is 0 Å². The molecule has 0 radical (unpaired) electrons. The van der Waals surface area contributed by atoms with Gasteiger partial charge in [0.05, 0.1) is 5.57 Å². The largest absolute Gasteiger partial charge is 0.416 e. The molecule has 0 aromatic carbocycles. The minimum absolute atomic E-state index is 0.223. The van der Waals surface area contributed by atoms with Crippen molar-refractivity contribution in [3.05, 3.63) is 48.1 Å². The first-order chi connectivity index (χ1) is 10.1. The first-order valence-electron chi connectivity index (χ1n) is 7.53. The van der Waals surface area contributed by atoms with E-state index in [-0.39, 0.29) is 11.0 Å². The van der Waals surface area contributed by atoms with Crippen LogP contribution in [0.3, 0.4) is 0 Å². The highest BCUT2D eigenvalue weighted by atomic mass is 19.4. The van der Waals surface area contributed by atoms with Crippen LogP contribution in [0.4, 0.5) is 13.2 Å². The average molecular weight is 315 g/mol. The topological polar surface area (TPSA) is 12.0 Å². The fourth-order valence-corrected chi connectivity index (χ4v) is 1.87. The van der Waals surface area contributed by atoms with Crippen LogP contribution in [0.5, 0.6) is 0 Å². The van der Waals surface area contributed by atoms with Gasteiger partial charge in [0, 0.05) is 13.1 Å². The second-order valence-electron chi connectivity index (χ2n) is 6.34. The van der Waals surface area contributed by atoms with Gasteiger partial charge < -0.3 is 5.32 Å². The van der Waals surface area contributed by atoms with Crippen LogP contribution in [-0.2, 0) is 0 Å². The van der Waals surface area contributed by atoms with E-state index in [9.17, 15) is 13.2 Å². The molecule has 0 aliphatic carbocycles. The van der Waals surface area contributed by atoms with E-state index in [1.54, 1.807) is 6.92 Å². The third-order valence-electron chi connectivity index (χ3n) is 2.90. The number of rotatable bonds is 8. The Kier molecular flexibility index (Phi) is 9.10. The monoisotopic (exact) mass is 315 g/mol. The van der Waals surface area contributed by atoms with Crippen LogP contribution in [-0.4, -0.2) is 19.3 Å². The van der Waals surface area contributed by atoms with Crippen molar-refractivity contribution in [2.24, 2.45) is 5.41 Å². The first-order valence-corrected chi connectivity index (χ1v) is 7.53. The van der Waals surface area contributed by atoms with Crippen molar-refractivity contribution in [2.45, 2.75) is 46.7 Å². The van der Waals surface area contributed by atoms with Gasteiger partial charge in [-0.05, 0) is 30.8 Å². The Morgan fingerprint density at radius 1 is 1.14 bits per heavy atom. The summed E-state index contributed by atoms with van der Waals surface area (Å²) >= 11 is 0. The molecule has 0 bridgehead atoms. The molecule has 0 aromatic heterocycles. The summed E-state index contributed by atoms with van der Waals surface area (Å²) in [5.74, 6) is 0. The lowest BCUT2D eigenvalue weighted by Crippen LogP contribution is -2.26. The zero-order valence-corrected chi connectivity index (χ0v) is 14.1. The van der Waals surface area contributed by atoms with Gasteiger partial charge in [0.25, 0.3) is 0 Å². The molecule has 126 valence electrons. The van der Waals surface area contributed by atoms with Gasteiger partial charge in [-0.2, -0.15) is 13.2 Å². The van der Waals surface area contributed by atoms with E-state index in [1.165, 1.54) is 12.2 Å². The second kappa shape index (κ2) is 9.67. The Balaban J connectivity index is 4.49. The number of alkyl halides is 3. The van der Waals surface area contributed by atoms with Gasteiger partial charge in [0.2, 0.25) is 0 Å². The van der Waals surface area contributed by atoms with E-state index in [4.69, 9.17) is 0 Å². The molecule has 0 saturated carbocycles. The van der Waals surface area contributed by atoms with Crippen LogP contribution in [0.15, 0.2) is 48.1 Å². The summed E-state index contributed by atoms with van der Waals surface area (Å²) in [6, 6.07) is 0. The lowest BCUT2D eigenvalue weighted by Gasteiger charge is -2.17. The lowest BCUT2D eigenvalue weighted by molar-refractivity contribution is -0.0889. The van der Waals surface area contributed by atoms with Gasteiger partial charge in [-0.15, -0.1) is 0 Å². The summed E-state index contributed by atoms with van der Waals surface area (Å²) in [6.07, 6.45) is 4.22. The SMILES string of the molecule is C=C/C(CC/C=C/CNCC(C)(C)C)=C(\C=C/C)C(F)(F)F. The Hall–Kier alpha value is -1.29. The standard InChI is InChI=1S/C18H28F3N/c1-6-11-16(18(19,20)21)15(7-2)12-9-8-10-13-22-14-17(3,4)5/h6-8,10-11,22H,2,9,12-14H2,1,3-5H3/b10-8+,11-6-,16-15-. The predicted octanol–water partition coefficient (Wildman–Crippen LogP) is 5.58. The van der Waals surface area contributed by atoms with Gasteiger partial charge in [0.1, 0.15) is 0 Å². The Morgan fingerprint density at radius 2 is 1.77 bits per heavy atom. The van der Waals surface area contributed by atoms with Gasteiger partial charge in [-0.1, -0.05) is 57.7 Å². The summed E-state index contributed by atoms with van der Waals surface area (Å²) in [7, 11) is 0. The minimum Gasteiger partial charge on any atom is -0.313 e. The molecule has 0 fully saturated rings. The van der Waals surface area contributed by atoms with Crippen molar-refractivity contribution in [3.8, 4) is 0 Å². The number of halogens is 3. The third kappa shape index (κ3) is 9.61. The Labute approximate surface area is 132 Å². The summed E-state index contributed by atoms with van der Waals surface area (Å²) in [6.45, 7) is 13.1. The third-order valence-corrected chi connectivity index (χ3v) is 2.90. The van der Waals surface area contributed by atoms with E-state index >= 15 is 0 Å². The maximum Gasteiger partial charge on any atom is 0.416 e. The molecule has 0 atom stereocenters. The molecule has 1 nitrogen and oxygen atoms in total. The van der Waals surface area contributed by atoms with Crippen molar-refractivity contribution in [1.82, 2.24) is 5.32 Å². The van der Waals surface area contributed by atoms with E-state index in [2.05, 4.69) is 32.7 Å². The van der Waals surface area contributed by atoms with Crippen LogP contribution in [0.2, 0.25) is 0 Å². The molecule has 0 aliphatic rings. The van der Waals surface area contributed by atoms with Crippen LogP contribution < -0.4 is 5.32 Å². The number of hydrogen-bond donors (Lipinski definition) is 1. The molecule has 4 heteroatoms. The Morgan fingerprint density at radius 3 is 2.23 bits per heavy atom. The molecule has 22 heavy (non-hydrogen) atoms. The van der Waals surface area contributed by atoms with E-state index in [0.29, 0.717) is 12.8 Å². The normalized spacial score (nSPS) is 14.7. The summed E-state index contributed by atoms with van der Waals surface area (Å²) in [5, 5.41) is 3.28. The Bertz CT molecular complexity index is 421. The second-order valence-corrected chi connectivity index (χ2v) is 6.34. The van der Waals surface area contributed by atoms with Gasteiger partial charge >= 0.3 is 6.18 Å². The van der Waals surface area contributed by atoms with Crippen molar-refractivity contribution in [3.63, 3.8) is 0 Å². The lowest BCUT2D eigenvalue weighted by atomic mass is 9.97. The van der Waals surface area contributed by atoms with Gasteiger partial charge in [-0.25, -0.2) is 0 Å². The minimum atomic E-state index is -4.34. The van der Waals surface area contributed by atoms with E-state index < -0.39 is 11.7 Å². The first kappa shape index (κ1) is 20.7. The van der Waals surface area contributed by atoms with E-state index in [0.717, 1.165) is 19.2 Å². The average Bonchev–Trinajstić information content (AvgIpc) is 2.37. The van der Waals surface area contributed by atoms with Gasteiger partial charge in [0.15, 0.2) is 0 Å². The van der Waals surface area contributed by atoms with Crippen molar-refractivity contribution in [2.75, 3.05) is 13.1 Å². The highest BCUT2D eigenvalue weighted by Crippen LogP contribution is 2.31. The molecular formula is C18H28F3N.